The number of thiophene rings is 1. The van der Waals surface area contributed by atoms with E-state index in [1.54, 1.807) is 17.2 Å². The fourth-order valence-corrected chi connectivity index (χ4v) is 2.96. The van der Waals surface area contributed by atoms with E-state index in [2.05, 4.69) is 4.98 Å². The fourth-order valence-electron chi connectivity index (χ4n) is 1.94. The van der Waals surface area contributed by atoms with Crippen molar-refractivity contribution in [2.24, 2.45) is 0 Å². The van der Waals surface area contributed by atoms with Gasteiger partial charge in [0.1, 0.15) is 9.71 Å². The number of amides is 1. The molecule has 0 saturated heterocycles. The van der Waals surface area contributed by atoms with E-state index in [1.807, 2.05) is 19.9 Å². The first kappa shape index (κ1) is 13.8. The number of fused-ring (bicyclic) bond motifs is 1. The Morgan fingerprint density at radius 3 is 2.89 bits per heavy atom. The lowest BCUT2D eigenvalue weighted by Gasteiger charge is -2.25. The molecule has 2 aromatic heterocycles. The molecule has 0 saturated carbocycles. The Morgan fingerprint density at radius 1 is 1.58 bits per heavy atom. The van der Waals surface area contributed by atoms with Crippen LogP contribution in [0.4, 0.5) is 5.69 Å². The quantitative estimate of drug-likeness (QED) is 0.893. The van der Waals surface area contributed by atoms with Crippen LogP contribution in [0.5, 0.6) is 0 Å². The van der Waals surface area contributed by atoms with Crippen molar-refractivity contribution in [3.8, 4) is 0 Å². The van der Waals surface area contributed by atoms with Gasteiger partial charge in [0.15, 0.2) is 0 Å². The van der Waals surface area contributed by atoms with Crippen LogP contribution in [0, 0.1) is 0 Å². The summed E-state index contributed by atoms with van der Waals surface area (Å²) in [6.07, 6.45) is 1.68. The summed E-state index contributed by atoms with van der Waals surface area (Å²) in [5.41, 5.74) is 6.51. The van der Waals surface area contributed by atoms with Gasteiger partial charge in [-0.3, -0.25) is 4.79 Å². The summed E-state index contributed by atoms with van der Waals surface area (Å²) in [6.45, 7) is 4.06. The molecule has 0 aliphatic rings. The van der Waals surface area contributed by atoms with Gasteiger partial charge in [-0.25, -0.2) is 4.98 Å². The minimum absolute atomic E-state index is 0.0113. The van der Waals surface area contributed by atoms with Crippen molar-refractivity contribution < 1.29 is 9.90 Å². The van der Waals surface area contributed by atoms with Gasteiger partial charge >= 0.3 is 0 Å². The van der Waals surface area contributed by atoms with Gasteiger partial charge in [0, 0.05) is 24.2 Å². The van der Waals surface area contributed by atoms with Gasteiger partial charge in [-0.1, -0.05) is 0 Å². The van der Waals surface area contributed by atoms with Crippen LogP contribution in [0.2, 0.25) is 0 Å². The number of nitrogens with zero attached hydrogens (tertiary/aromatic N) is 2. The number of aromatic nitrogens is 1. The highest BCUT2D eigenvalue weighted by molar-refractivity contribution is 7.21. The molecule has 0 fully saturated rings. The molecule has 0 aliphatic heterocycles. The fraction of sp³-hybridized carbons (Fsp3) is 0.385. The number of nitrogens with two attached hydrogens (primary N) is 1. The predicted molar refractivity (Wildman–Crippen MR) is 77.3 cm³/mol. The number of hydrogen-bond donors (Lipinski definition) is 2. The summed E-state index contributed by atoms with van der Waals surface area (Å²) in [7, 11) is 0. The van der Waals surface area contributed by atoms with E-state index >= 15 is 0 Å². The molecule has 0 spiro atoms. The van der Waals surface area contributed by atoms with E-state index in [9.17, 15) is 4.79 Å². The first-order valence-corrected chi connectivity index (χ1v) is 6.92. The zero-order valence-electron chi connectivity index (χ0n) is 11.0. The molecule has 0 atom stereocenters. The van der Waals surface area contributed by atoms with Crippen LogP contribution in [0.3, 0.4) is 0 Å². The van der Waals surface area contributed by atoms with Crippen LogP contribution >= 0.6 is 11.3 Å². The Kier molecular flexibility index (Phi) is 4.01. The van der Waals surface area contributed by atoms with E-state index < -0.39 is 0 Å². The second kappa shape index (κ2) is 5.54. The summed E-state index contributed by atoms with van der Waals surface area (Å²) < 4.78 is 0. The molecule has 0 bridgehead atoms. The Hall–Kier alpha value is -1.66. The topological polar surface area (TPSA) is 79.5 Å². The summed E-state index contributed by atoms with van der Waals surface area (Å²) in [6, 6.07) is 3.67. The monoisotopic (exact) mass is 279 g/mol. The second-order valence-electron chi connectivity index (χ2n) is 4.52. The van der Waals surface area contributed by atoms with Crippen LogP contribution in [-0.2, 0) is 0 Å². The molecule has 102 valence electrons. The SMILES string of the molecule is CC(C)N(CCO)C(=O)c1sc2ncccc2c1N. The van der Waals surface area contributed by atoms with Crippen molar-refractivity contribution in [3.05, 3.63) is 23.2 Å². The number of carbonyl (C=O) groups is 1. The maximum atomic E-state index is 12.5. The summed E-state index contributed by atoms with van der Waals surface area (Å²) in [5.74, 6) is -0.149. The molecule has 0 aliphatic carbocycles. The van der Waals surface area contributed by atoms with Crippen molar-refractivity contribution in [1.29, 1.82) is 0 Å². The van der Waals surface area contributed by atoms with Crippen LogP contribution in [-0.4, -0.2) is 40.1 Å². The molecule has 0 radical (unpaired) electrons. The standard InChI is InChI=1S/C13H17N3O2S/c1-8(2)16(6-7-17)13(18)11-10(14)9-4-3-5-15-12(9)19-11/h3-5,8,17H,6-7,14H2,1-2H3. The Bertz CT molecular complexity index is 595. The lowest BCUT2D eigenvalue weighted by molar-refractivity contribution is 0.0671. The smallest absolute Gasteiger partial charge is 0.266 e. The van der Waals surface area contributed by atoms with Crippen molar-refractivity contribution in [3.63, 3.8) is 0 Å². The molecule has 0 unspecified atom stereocenters. The molecule has 6 heteroatoms. The van der Waals surface area contributed by atoms with Crippen LogP contribution in [0.1, 0.15) is 23.5 Å². The normalized spacial score (nSPS) is 11.2. The van der Waals surface area contributed by atoms with Gasteiger partial charge < -0.3 is 15.7 Å². The van der Waals surface area contributed by atoms with Crippen LogP contribution < -0.4 is 5.73 Å². The molecule has 3 N–H and O–H groups in total. The van der Waals surface area contributed by atoms with Gasteiger partial charge in [-0.15, -0.1) is 11.3 Å². The maximum Gasteiger partial charge on any atom is 0.266 e. The first-order valence-electron chi connectivity index (χ1n) is 6.11. The lowest BCUT2D eigenvalue weighted by atomic mass is 10.2. The molecule has 2 aromatic rings. The molecule has 5 nitrogen and oxygen atoms in total. The predicted octanol–water partition coefficient (Wildman–Crippen LogP) is 1.72. The molecular weight excluding hydrogens is 262 g/mol. The average Bonchev–Trinajstić information content (AvgIpc) is 2.73. The Balaban J connectivity index is 2.43. The maximum absolute atomic E-state index is 12.5. The van der Waals surface area contributed by atoms with E-state index in [-0.39, 0.29) is 18.6 Å². The van der Waals surface area contributed by atoms with Gasteiger partial charge in [0.2, 0.25) is 0 Å². The number of nitrogen functional groups attached to an aromatic ring is 1. The van der Waals surface area contributed by atoms with Crippen molar-refractivity contribution in [2.75, 3.05) is 18.9 Å². The third kappa shape index (κ3) is 2.54. The highest BCUT2D eigenvalue weighted by atomic mass is 32.1. The zero-order valence-corrected chi connectivity index (χ0v) is 11.8. The highest BCUT2D eigenvalue weighted by Gasteiger charge is 2.23. The number of anilines is 1. The minimum atomic E-state index is -0.149. The van der Waals surface area contributed by atoms with Crippen molar-refractivity contribution >= 4 is 33.1 Å². The van der Waals surface area contributed by atoms with Gasteiger partial charge in [0.25, 0.3) is 5.91 Å². The van der Waals surface area contributed by atoms with E-state index in [0.717, 1.165) is 10.2 Å². The van der Waals surface area contributed by atoms with Gasteiger partial charge in [-0.2, -0.15) is 0 Å². The highest BCUT2D eigenvalue weighted by Crippen LogP contribution is 2.33. The zero-order chi connectivity index (χ0) is 14.0. The third-order valence-corrected chi connectivity index (χ3v) is 4.04. The van der Waals surface area contributed by atoms with Gasteiger partial charge in [-0.05, 0) is 26.0 Å². The van der Waals surface area contributed by atoms with Crippen LogP contribution in [0.25, 0.3) is 10.2 Å². The molecule has 0 aromatic carbocycles. The molecule has 2 rings (SSSR count). The van der Waals surface area contributed by atoms with E-state index in [4.69, 9.17) is 10.8 Å². The Labute approximate surface area is 115 Å². The molecule has 2 heterocycles. The number of rotatable bonds is 4. The average molecular weight is 279 g/mol. The summed E-state index contributed by atoms with van der Waals surface area (Å²) in [4.78, 5) is 19.6. The lowest BCUT2D eigenvalue weighted by Crippen LogP contribution is -2.38. The first-order chi connectivity index (χ1) is 9.06. The third-order valence-electron chi connectivity index (χ3n) is 2.92. The number of aliphatic hydroxyl groups excluding tert-OH is 1. The number of hydrogen-bond acceptors (Lipinski definition) is 5. The van der Waals surface area contributed by atoms with Gasteiger partial charge in [0.05, 0.1) is 12.3 Å². The van der Waals surface area contributed by atoms with Crippen molar-refractivity contribution in [1.82, 2.24) is 9.88 Å². The summed E-state index contributed by atoms with van der Waals surface area (Å²) in [5, 5.41) is 9.87. The molecule has 1 amide bonds. The largest absolute Gasteiger partial charge is 0.397 e. The number of carbonyl (C=O) groups excluding carboxylic acids is 1. The summed E-state index contributed by atoms with van der Waals surface area (Å²) >= 11 is 1.29. The number of aliphatic hydroxyl groups is 1. The van der Waals surface area contributed by atoms with E-state index in [1.165, 1.54) is 11.3 Å². The molecule has 19 heavy (non-hydrogen) atoms. The minimum Gasteiger partial charge on any atom is -0.397 e. The van der Waals surface area contributed by atoms with Crippen molar-refractivity contribution in [2.45, 2.75) is 19.9 Å². The number of pyridine rings is 1. The Morgan fingerprint density at radius 2 is 2.32 bits per heavy atom. The van der Waals surface area contributed by atoms with Crippen LogP contribution in [0.15, 0.2) is 18.3 Å². The molecular formula is C13H17N3O2S. The second-order valence-corrected chi connectivity index (χ2v) is 5.52. The van der Waals surface area contributed by atoms with E-state index in [0.29, 0.717) is 17.1 Å².